The summed E-state index contributed by atoms with van der Waals surface area (Å²) in [4.78, 5) is 27.9. The first-order chi connectivity index (χ1) is 17.1. The topological polar surface area (TPSA) is 60.8 Å². The Labute approximate surface area is 220 Å². The van der Waals surface area contributed by atoms with E-state index in [1.165, 1.54) is 19.1 Å². The second kappa shape index (κ2) is 9.88. The SMILES string of the molecule is COC(=O)C1=C(C)N(c2ccc(OC)c(Cl)c2)C(=O)/C1=C\c1cc(C)n(-c2ccc(C)c(Cl)c2)c1C. The summed E-state index contributed by atoms with van der Waals surface area (Å²) in [6, 6.07) is 12.9. The lowest BCUT2D eigenvalue weighted by Crippen LogP contribution is -2.24. The van der Waals surface area contributed by atoms with Crippen LogP contribution in [0.5, 0.6) is 5.75 Å². The molecule has 0 N–H and O–H groups in total. The van der Waals surface area contributed by atoms with Crippen LogP contribution in [0, 0.1) is 20.8 Å². The lowest BCUT2D eigenvalue weighted by Gasteiger charge is -2.19. The van der Waals surface area contributed by atoms with E-state index in [1.807, 2.05) is 45.0 Å². The number of halogens is 2. The number of ether oxygens (including phenoxy) is 2. The van der Waals surface area contributed by atoms with Crippen molar-refractivity contribution in [3.05, 3.63) is 91.9 Å². The minimum absolute atomic E-state index is 0.206. The standard InChI is InChI=1S/C28H26Cl2N2O4/c1-15-7-8-20(13-23(15)29)31-16(2)11-19(17(31)3)12-22-26(28(34)36-6)18(4)32(27(22)33)21-9-10-25(35-5)24(30)14-21/h7-14H,1-6H3/b22-12-. The van der Waals surface area contributed by atoms with Gasteiger partial charge in [-0.1, -0.05) is 29.3 Å². The van der Waals surface area contributed by atoms with E-state index < -0.39 is 5.97 Å². The Kier molecular flexibility index (Phi) is 7.03. The van der Waals surface area contributed by atoms with Gasteiger partial charge in [0.2, 0.25) is 0 Å². The number of aryl methyl sites for hydroxylation is 2. The minimum Gasteiger partial charge on any atom is -0.495 e. The third-order valence-corrected chi connectivity index (χ3v) is 7.07. The van der Waals surface area contributed by atoms with Crippen molar-refractivity contribution in [2.45, 2.75) is 27.7 Å². The van der Waals surface area contributed by atoms with Crippen molar-refractivity contribution in [1.29, 1.82) is 0 Å². The smallest absolute Gasteiger partial charge is 0.340 e. The van der Waals surface area contributed by atoms with Crippen LogP contribution in [0.25, 0.3) is 11.8 Å². The zero-order valence-corrected chi connectivity index (χ0v) is 22.4. The lowest BCUT2D eigenvalue weighted by atomic mass is 10.0. The number of carbonyl (C=O) groups is 2. The molecular weight excluding hydrogens is 499 g/mol. The van der Waals surface area contributed by atoms with Gasteiger partial charge in [-0.3, -0.25) is 9.69 Å². The molecule has 8 heteroatoms. The van der Waals surface area contributed by atoms with Crippen molar-refractivity contribution in [1.82, 2.24) is 4.57 Å². The minimum atomic E-state index is -0.590. The van der Waals surface area contributed by atoms with Gasteiger partial charge in [0.15, 0.2) is 0 Å². The molecule has 1 amide bonds. The molecule has 0 radical (unpaired) electrons. The number of benzene rings is 2. The Morgan fingerprint density at radius 2 is 1.58 bits per heavy atom. The summed E-state index contributed by atoms with van der Waals surface area (Å²) in [6.07, 6.45) is 1.73. The number of methoxy groups -OCH3 is 2. The van der Waals surface area contributed by atoms with Crippen LogP contribution >= 0.6 is 23.2 Å². The Morgan fingerprint density at radius 1 is 0.917 bits per heavy atom. The molecule has 0 unspecified atom stereocenters. The molecule has 0 aliphatic carbocycles. The molecule has 0 fully saturated rings. The summed E-state index contributed by atoms with van der Waals surface area (Å²) in [5, 5.41) is 1.03. The number of allylic oxidation sites excluding steroid dienone is 1. The number of carbonyl (C=O) groups excluding carboxylic acids is 2. The first-order valence-corrected chi connectivity index (χ1v) is 12.0. The van der Waals surface area contributed by atoms with Crippen LogP contribution in [0.3, 0.4) is 0 Å². The molecule has 3 aromatic rings. The number of rotatable bonds is 5. The number of hydrogen-bond donors (Lipinski definition) is 0. The zero-order valence-electron chi connectivity index (χ0n) is 20.9. The normalized spacial score (nSPS) is 14.7. The maximum absolute atomic E-state index is 13.7. The average molecular weight is 525 g/mol. The van der Waals surface area contributed by atoms with Gasteiger partial charge in [0.05, 0.1) is 36.1 Å². The van der Waals surface area contributed by atoms with Gasteiger partial charge in [0, 0.05) is 27.8 Å². The fourth-order valence-electron chi connectivity index (χ4n) is 4.49. The van der Waals surface area contributed by atoms with Crippen LogP contribution in [0.15, 0.2) is 59.3 Å². The van der Waals surface area contributed by atoms with Gasteiger partial charge in [-0.05, 0) is 81.3 Å². The summed E-state index contributed by atoms with van der Waals surface area (Å²) in [5.41, 5.74) is 6.00. The number of esters is 1. The van der Waals surface area contributed by atoms with Crippen LogP contribution in [-0.4, -0.2) is 30.7 Å². The van der Waals surface area contributed by atoms with Crippen molar-refractivity contribution < 1.29 is 19.1 Å². The summed E-state index contributed by atoms with van der Waals surface area (Å²) in [6.45, 7) is 7.60. The van der Waals surface area contributed by atoms with E-state index in [1.54, 1.807) is 31.2 Å². The van der Waals surface area contributed by atoms with E-state index in [2.05, 4.69) is 4.57 Å². The van der Waals surface area contributed by atoms with Crippen LogP contribution in [0.4, 0.5) is 5.69 Å². The number of hydrogen-bond acceptors (Lipinski definition) is 4. The number of aromatic nitrogens is 1. The van der Waals surface area contributed by atoms with Crippen molar-refractivity contribution >= 4 is 46.8 Å². The number of anilines is 1. The molecule has 1 aliphatic heterocycles. The van der Waals surface area contributed by atoms with Gasteiger partial charge >= 0.3 is 5.97 Å². The Bertz CT molecular complexity index is 1470. The van der Waals surface area contributed by atoms with Crippen LogP contribution in [-0.2, 0) is 14.3 Å². The fourth-order valence-corrected chi connectivity index (χ4v) is 4.92. The van der Waals surface area contributed by atoms with E-state index in [0.29, 0.717) is 27.2 Å². The molecule has 36 heavy (non-hydrogen) atoms. The Hall–Kier alpha value is -3.48. The van der Waals surface area contributed by atoms with Crippen molar-refractivity contribution in [3.63, 3.8) is 0 Å². The van der Waals surface area contributed by atoms with Crippen LogP contribution in [0.2, 0.25) is 10.0 Å². The molecule has 186 valence electrons. The highest BCUT2D eigenvalue weighted by Gasteiger charge is 2.38. The summed E-state index contributed by atoms with van der Waals surface area (Å²) in [7, 11) is 2.81. The second-order valence-electron chi connectivity index (χ2n) is 8.56. The first-order valence-electron chi connectivity index (χ1n) is 11.2. The van der Waals surface area contributed by atoms with E-state index in [0.717, 1.165) is 28.2 Å². The summed E-state index contributed by atoms with van der Waals surface area (Å²) < 4.78 is 12.3. The molecule has 1 aromatic heterocycles. The molecule has 0 saturated heterocycles. The quantitative estimate of drug-likeness (QED) is 0.278. The molecule has 0 saturated carbocycles. The summed E-state index contributed by atoms with van der Waals surface area (Å²) >= 11 is 12.7. The first kappa shape index (κ1) is 25.6. The highest BCUT2D eigenvalue weighted by molar-refractivity contribution is 6.33. The van der Waals surface area contributed by atoms with Crippen LogP contribution in [0.1, 0.15) is 29.4 Å². The average Bonchev–Trinajstić information content (AvgIpc) is 3.26. The van der Waals surface area contributed by atoms with Gasteiger partial charge in [-0.25, -0.2) is 4.79 Å². The maximum Gasteiger partial charge on any atom is 0.340 e. The molecule has 2 aromatic carbocycles. The predicted octanol–water partition coefficient (Wildman–Crippen LogP) is 6.60. The molecule has 0 spiro atoms. The lowest BCUT2D eigenvalue weighted by molar-refractivity contribution is -0.136. The van der Waals surface area contributed by atoms with Crippen molar-refractivity contribution in [2.24, 2.45) is 0 Å². The second-order valence-corrected chi connectivity index (χ2v) is 9.38. The Balaban J connectivity index is 1.84. The molecule has 1 aliphatic rings. The fraction of sp³-hybridized carbons (Fsp3) is 0.214. The molecule has 0 atom stereocenters. The van der Waals surface area contributed by atoms with Gasteiger partial charge in [0.25, 0.3) is 5.91 Å². The van der Waals surface area contributed by atoms with Crippen molar-refractivity contribution in [3.8, 4) is 11.4 Å². The van der Waals surface area contributed by atoms with E-state index in [9.17, 15) is 9.59 Å². The maximum atomic E-state index is 13.7. The van der Waals surface area contributed by atoms with Gasteiger partial charge < -0.3 is 14.0 Å². The molecule has 6 nitrogen and oxygen atoms in total. The number of nitrogens with zero attached hydrogens (tertiary/aromatic N) is 2. The molecule has 2 heterocycles. The van der Waals surface area contributed by atoms with Crippen LogP contribution < -0.4 is 9.64 Å². The van der Waals surface area contributed by atoms with E-state index >= 15 is 0 Å². The highest BCUT2D eigenvalue weighted by atomic mass is 35.5. The third kappa shape index (κ3) is 4.31. The highest BCUT2D eigenvalue weighted by Crippen LogP contribution is 2.39. The van der Waals surface area contributed by atoms with Gasteiger partial charge in [0.1, 0.15) is 5.75 Å². The number of amides is 1. The zero-order chi connectivity index (χ0) is 26.3. The van der Waals surface area contributed by atoms with Crippen molar-refractivity contribution in [2.75, 3.05) is 19.1 Å². The monoisotopic (exact) mass is 524 g/mol. The third-order valence-electron chi connectivity index (χ3n) is 6.37. The summed E-state index contributed by atoms with van der Waals surface area (Å²) in [5.74, 6) is -0.452. The van der Waals surface area contributed by atoms with E-state index in [-0.39, 0.29) is 17.1 Å². The van der Waals surface area contributed by atoms with E-state index in [4.69, 9.17) is 32.7 Å². The Morgan fingerprint density at radius 3 is 2.19 bits per heavy atom. The van der Waals surface area contributed by atoms with Gasteiger partial charge in [-0.15, -0.1) is 0 Å². The molecular formula is C28H26Cl2N2O4. The molecule has 0 bridgehead atoms. The van der Waals surface area contributed by atoms with Gasteiger partial charge in [-0.2, -0.15) is 0 Å². The molecule has 4 rings (SSSR count). The predicted molar refractivity (Wildman–Crippen MR) is 143 cm³/mol. The largest absolute Gasteiger partial charge is 0.495 e.